The van der Waals surface area contributed by atoms with Gasteiger partial charge >= 0.3 is 0 Å². The van der Waals surface area contributed by atoms with Crippen LogP contribution < -0.4 is 4.90 Å². The molecular weight excluding hydrogens is 591 g/mol. The summed E-state index contributed by atoms with van der Waals surface area (Å²) in [5.41, 5.74) is 15.9. The fourth-order valence-electron chi connectivity index (χ4n) is 8.94. The van der Waals surface area contributed by atoms with Crippen molar-refractivity contribution < 1.29 is 0 Å². The molecule has 49 heavy (non-hydrogen) atoms. The summed E-state index contributed by atoms with van der Waals surface area (Å²) in [5.74, 6) is 0.675. The van der Waals surface area contributed by atoms with Crippen LogP contribution >= 0.6 is 0 Å². The molecule has 1 fully saturated rings. The Bertz CT molecular complexity index is 2170. The third kappa shape index (κ3) is 5.39. The van der Waals surface area contributed by atoms with Crippen molar-refractivity contribution >= 4 is 27.8 Å². The summed E-state index contributed by atoms with van der Waals surface area (Å²) in [6.07, 6.45) is 6.68. The van der Waals surface area contributed by atoms with Crippen molar-refractivity contribution in [2.24, 2.45) is 0 Å². The Morgan fingerprint density at radius 3 is 2.10 bits per heavy atom. The van der Waals surface area contributed by atoms with Crippen molar-refractivity contribution in [2.75, 3.05) is 4.90 Å². The number of hydrogen-bond donors (Lipinski definition) is 0. The van der Waals surface area contributed by atoms with Gasteiger partial charge in [-0.05, 0) is 117 Å². The number of aryl methyl sites for hydroxylation is 1. The average molecular weight is 640 g/mol. The van der Waals surface area contributed by atoms with E-state index in [0.717, 1.165) is 0 Å². The van der Waals surface area contributed by atoms with Crippen LogP contribution in [-0.4, -0.2) is 0 Å². The minimum absolute atomic E-state index is 0.0154. The van der Waals surface area contributed by atoms with E-state index in [1.165, 1.54) is 110 Å². The molecule has 0 spiro atoms. The van der Waals surface area contributed by atoms with E-state index in [-0.39, 0.29) is 10.8 Å². The third-order valence-electron chi connectivity index (χ3n) is 11.5. The molecule has 0 saturated heterocycles. The Balaban J connectivity index is 1.39. The van der Waals surface area contributed by atoms with Crippen LogP contribution in [0.3, 0.4) is 0 Å². The molecule has 0 unspecified atom stereocenters. The minimum Gasteiger partial charge on any atom is -0.310 e. The summed E-state index contributed by atoms with van der Waals surface area (Å²) in [4.78, 5) is 2.54. The molecule has 6 aromatic rings. The maximum atomic E-state index is 2.54. The van der Waals surface area contributed by atoms with Crippen LogP contribution in [0, 0.1) is 6.92 Å². The Morgan fingerprint density at radius 1 is 0.612 bits per heavy atom. The highest BCUT2D eigenvalue weighted by molar-refractivity contribution is 6.06. The normalized spacial score (nSPS) is 15.6. The first kappa shape index (κ1) is 31.6. The van der Waals surface area contributed by atoms with E-state index in [1.807, 2.05) is 0 Å². The summed E-state index contributed by atoms with van der Waals surface area (Å²) in [6, 6.07) is 46.3. The van der Waals surface area contributed by atoms with Gasteiger partial charge in [0.15, 0.2) is 0 Å². The molecule has 246 valence electrons. The molecule has 0 bridgehead atoms. The van der Waals surface area contributed by atoms with Gasteiger partial charge in [0, 0.05) is 22.4 Å². The maximum absolute atomic E-state index is 2.54. The highest BCUT2D eigenvalue weighted by Gasteiger charge is 2.37. The first-order valence-corrected chi connectivity index (χ1v) is 18.4. The monoisotopic (exact) mass is 639 g/mol. The lowest BCUT2D eigenvalue weighted by atomic mass is 9.80. The quantitative estimate of drug-likeness (QED) is 0.181. The van der Waals surface area contributed by atoms with Crippen LogP contribution in [0.25, 0.3) is 33.0 Å². The Hall–Kier alpha value is -4.62. The van der Waals surface area contributed by atoms with Gasteiger partial charge in [-0.1, -0.05) is 145 Å². The molecule has 0 N–H and O–H groups in total. The van der Waals surface area contributed by atoms with Crippen molar-refractivity contribution in [3.8, 4) is 22.3 Å². The van der Waals surface area contributed by atoms with Gasteiger partial charge in [-0.2, -0.15) is 0 Å². The third-order valence-corrected chi connectivity index (χ3v) is 11.5. The zero-order chi connectivity index (χ0) is 33.9. The predicted molar refractivity (Wildman–Crippen MR) is 211 cm³/mol. The van der Waals surface area contributed by atoms with Gasteiger partial charge in [-0.15, -0.1) is 0 Å². The van der Waals surface area contributed by atoms with Crippen LogP contribution in [-0.2, 0) is 10.8 Å². The molecule has 1 saturated carbocycles. The van der Waals surface area contributed by atoms with Crippen molar-refractivity contribution in [3.05, 3.63) is 149 Å². The van der Waals surface area contributed by atoms with Crippen LogP contribution in [0.4, 0.5) is 17.1 Å². The number of benzene rings is 6. The topological polar surface area (TPSA) is 3.24 Å². The first-order valence-electron chi connectivity index (χ1n) is 18.4. The Kier molecular flexibility index (Phi) is 7.79. The van der Waals surface area contributed by atoms with Gasteiger partial charge in [-0.25, -0.2) is 0 Å². The molecule has 6 aromatic carbocycles. The summed E-state index contributed by atoms with van der Waals surface area (Å²) in [7, 11) is 0. The highest BCUT2D eigenvalue weighted by Crippen LogP contribution is 2.53. The van der Waals surface area contributed by atoms with Gasteiger partial charge in [0.05, 0.1) is 5.69 Å². The summed E-state index contributed by atoms with van der Waals surface area (Å²) in [6.45, 7) is 14.0. The van der Waals surface area contributed by atoms with Crippen molar-refractivity contribution in [2.45, 2.75) is 90.4 Å². The standard InChI is InChI=1S/C48H49N/c1-32-15-14-22-42-45(32)40-29-28-37(31-43(40)48(42,5)6)49(36-26-23-34(24-27-36)33-16-8-7-9-17-33)44-30-25-35-18-10-11-19-38(35)46(44)39-20-12-13-21-41(39)47(2,3)4/h10-15,18-31,33H,7-9,16-17H2,1-6H3. The Labute approximate surface area is 293 Å². The maximum Gasteiger partial charge on any atom is 0.0546 e. The Morgan fingerprint density at radius 2 is 1.33 bits per heavy atom. The zero-order valence-corrected chi connectivity index (χ0v) is 30.1. The molecule has 0 heterocycles. The number of hydrogen-bond acceptors (Lipinski definition) is 1. The SMILES string of the molecule is Cc1cccc2c1-c1ccc(N(c3ccc(C4CCCCC4)cc3)c3ccc4ccccc4c3-c3ccccc3C(C)(C)C)cc1C2(C)C. The van der Waals surface area contributed by atoms with E-state index < -0.39 is 0 Å². The van der Waals surface area contributed by atoms with E-state index >= 15 is 0 Å². The largest absolute Gasteiger partial charge is 0.310 e. The van der Waals surface area contributed by atoms with E-state index in [0.29, 0.717) is 5.92 Å². The second kappa shape index (κ2) is 12.1. The fraction of sp³-hybridized carbons (Fsp3) is 0.292. The second-order valence-corrected chi connectivity index (χ2v) is 16.1. The molecular formula is C48H49N. The number of rotatable bonds is 5. The lowest BCUT2D eigenvalue weighted by molar-refractivity contribution is 0.443. The van der Waals surface area contributed by atoms with Gasteiger partial charge in [0.1, 0.15) is 0 Å². The van der Waals surface area contributed by atoms with E-state index in [1.54, 1.807) is 0 Å². The summed E-state index contributed by atoms with van der Waals surface area (Å²) < 4.78 is 0. The highest BCUT2D eigenvalue weighted by atomic mass is 15.1. The molecule has 8 rings (SSSR count). The minimum atomic E-state index is -0.0890. The summed E-state index contributed by atoms with van der Waals surface area (Å²) >= 11 is 0. The molecule has 0 aliphatic heterocycles. The smallest absolute Gasteiger partial charge is 0.0546 e. The number of nitrogens with zero attached hydrogens (tertiary/aromatic N) is 1. The molecule has 2 aliphatic carbocycles. The average Bonchev–Trinajstić information content (AvgIpc) is 3.35. The van der Waals surface area contributed by atoms with Gasteiger partial charge in [0.2, 0.25) is 0 Å². The molecule has 0 atom stereocenters. The van der Waals surface area contributed by atoms with Gasteiger partial charge < -0.3 is 4.90 Å². The van der Waals surface area contributed by atoms with Crippen LogP contribution in [0.5, 0.6) is 0 Å². The molecule has 1 nitrogen and oxygen atoms in total. The van der Waals surface area contributed by atoms with Crippen LogP contribution in [0.2, 0.25) is 0 Å². The van der Waals surface area contributed by atoms with Crippen LogP contribution in [0.15, 0.2) is 121 Å². The van der Waals surface area contributed by atoms with Gasteiger partial charge in [-0.3, -0.25) is 0 Å². The van der Waals surface area contributed by atoms with Crippen LogP contribution in [0.1, 0.15) is 100 Å². The second-order valence-electron chi connectivity index (χ2n) is 16.1. The summed E-state index contributed by atoms with van der Waals surface area (Å²) in [5, 5.41) is 2.55. The van der Waals surface area contributed by atoms with E-state index in [2.05, 4.69) is 168 Å². The van der Waals surface area contributed by atoms with E-state index in [9.17, 15) is 0 Å². The lowest BCUT2D eigenvalue weighted by Gasteiger charge is -2.32. The molecule has 0 amide bonds. The van der Waals surface area contributed by atoms with Gasteiger partial charge in [0.25, 0.3) is 0 Å². The predicted octanol–water partition coefficient (Wildman–Crippen LogP) is 13.9. The molecule has 0 aromatic heterocycles. The first-order chi connectivity index (χ1) is 23.6. The lowest BCUT2D eigenvalue weighted by Crippen LogP contribution is -2.17. The fourth-order valence-corrected chi connectivity index (χ4v) is 8.94. The number of anilines is 3. The van der Waals surface area contributed by atoms with Crippen molar-refractivity contribution in [3.63, 3.8) is 0 Å². The zero-order valence-electron chi connectivity index (χ0n) is 30.1. The molecule has 2 aliphatic rings. The van der Waals surface area contributed by atoms with E-state index in [4.69, 9.17) is 0 Å². The number of fused-ring (bicyclic) bond motifs is 4. The van der Waals surface area contributed by atoms with Crippen molar-refractivity contribution in [1.29, 1.82) is 0 Å². The molecule has 0 radical (unpaired) electrons. The molecule has 1 heteroatoms. The van der Waals surface area contributed by atoms with Crippen molar-refractivity contribution in [1.82, 2.24) is 0 Å².